The molecule has 0 atom stereocenters. The van der Waals surface area contributed by atoms with Crippen molar-refractivity contribution in [1.29, 1.82) is 0 Å². The van der Waals surface area contributed by atoms with Crippen LogP contribution < -0.4 is 5.32 Å². The first-order valence-electron chi connectivity index (χ1n) is 9.47. The lowest BCUT2D eigenvalue weighted by Gasteiger charge is -2.37. The van der Waals surface area contributed by atoms with Gasteiger partial charge in [-0.05, 0) is 48.7 Å². The number of amides is 1. The Hall–Kier alpha value is -2.61. The molecule has 0 aliphatic carbocycles. The van der Waals surface area contributed by atoms with Crippen LogP contribution in [0.4, 0.5) is 5.69 Å². The molecule has 0 spiro atoms. The average molecular weight is 466 g/mol. The van der Waals surface area contributed by atoms with Gasteiger partial charge in [0.1, 0.15) is 0 Å². The number of rotatable bonds is 5. The first-order chi connectivity index (χ1) is 14.8. The number of benzene rings is 2. The number of hydrogen-bond acceptors (Lipinski definition) is 6. The summed E-state index contributed by atoms with van der Waals surface area (Å²) in [4.78, 5) is 37.6. The third kappa shape index (κ3) is 4.84. The Morgan fingerprint density at radius 3 is 2.03 bits per heavy atom. The second-order valence-electron chi connectivity index (χ2n) is 7.05. The van der Waals surface area contributed by atoms with E-state index in [9.17, 15) is 14.4 Å². The van der Waals surface area contributed by atoms with Crippen molar-refractivity contribution in [3.8, 4) is 0 Å². The summed E-state index contributed by atoms with van der Waals surface area (Å²) in [7, 11) is 2.45. The maximum absolute atomic E-state index is 13.5. The molecule has 7 nitrogen and oxygen atoms in total. The number of esters is 2. The Morgan fingerprint density at radius 1 is 0.935 bits per heavy atom. The number of anilines is 1. The van der Waals surface area contributed by atoms with Crippen molar-refractivity contribution in [1.82, 2.24) is 0 Å². The van der Waals surface area contributed by atoms with E-state index in [1.165, 1.54) is 32.4 Å². The molecule has 9 heteroatoms. The van der Waals surface area contributed by atoms with Crippen molar-refractivity contribution in [2.24, 2.45) is 0 Å². The summed E-state index contributed by atoms with van der Waals surface area (Å²) in [5.41, 5.74) is 0.130. The van der Waals surface area contributed by atoms with Gasteiger partial charge < -0.3 is 19.5 Å². The molecule has 1 N–H and O–H groups in total. The molecule has 0 radical (unpaired) electrons. The lowest BCUT2D eigenvalue weighted by atomic mass is 9.73. The first-order valence-corrected chi connectivity index (χ1v) is 10.2. The molecule has 1 aliphatic heterocycles. The molecule has 1 amide bonds. The van der Waals surface area contributed by atoms with Crippen molar-refractivity contribution < 1.29 is 28.6 Å². The number of carbonyl (C=O) groups excluding carboxylic acids is 3. The summed E-state index contributed by atoms with van der Waals surface area (Å²) in [5, 5.41) is 3.67. The Kier molecular flexibility index (Phi) is 7.20. The summed E-state index contributed by atoms with van der Waals surface area (Å²) in [6, 6.07) is 9.23. The van der Waals surface area contributed by atoms with Crippen LogP contribution in [0.2, 0.25) is 10.0 Å². The van der Waals surface area contributed by atoms with E-state index in [1.54, 1.807) is 18.2 Å². The standard InChI is InChI=1S/C22H21Cl2NO6/c1-29-19(26)13-9-14(20(27)30-2)11-16(10-13)25-21(28)22(5-7-31-8-6-22)17-4-3-15(23)12-18(17)24/h3-4,9-12H,5-8H2,1-2H3,(H,25,28). The Balaban J connectivity index is 2.02. The second-order valence-corrected chi connectivity index (χ2v) is 7.90. The molecule has 164 valence electrons. The van der Waals surface area contributed by atoms with Crippen molar-refractivity contribution in [3.63, 3.8) is 0 Å². The van der Waals surface area contributed by atoms with Gasteiger partial charge in [-0.1, -0.05) is 29.3 Å². The van der Waals surface area contributed by atoms with Gasteiger partial charge >= 0.3 is 11.9 Å². The summed E-state index contributed by atoms with van der Waals surface area (Å²) in [6.07, 6.45) is 0.807. The van der Waals surface area contributed by atoms with Gasteiger partial charge in [-0.2, -0.15) is 0 Å². The zero-order valence-electron chi connectivity index (χ0n) is 17.0. The predicted molar refractivity (Wildman–Crippen MR) is 116 cm³/mol. The Bertz CT molecular complexity index is 983. The fraction of sp³-hybridized carbons (Fsp3) is 0.318. The quantitative estimate of drug-likeness (QED) is 0.663. The monoisotopic (exact) mass is 465 g/mol. The van der Waals surface area contributed by atoms with E-state index in [0.717, 1.165) is 0 Å². The fourth-order valence-corrected chi connectivity index (χ4v) is 4.23. The van der Waals surface area contributed by atoms with Gasteiger partial charge in [0.25, 0.3) is 0 Å². The van der Waals surface area contributed by atoms with E-state index in [4.69, 9.17) is 37.4 Å². The van der Waals surface area contributed by atoms with Crippen LogP contribution >= 0.6 is 23.2 Å². The van der Waals surface area contributed by atoms with Crippen molar-refractivity contribution in [2.75, 3.05) is 32.8 Å². The molecule has 31 heavy (non-hydrogen) atoms. The molecule has 0 aromatic heterocycles. The first kappa shape index (κ1) is 23.1. The summed E-state index contributed by atoms with van der Waals surface area (Å²) in [5.74, 6) is -1.64. The van der Waals surface area contributed by atoms with Gasteiger partial charge in [-0.25, -0.2) is 9.59 Å². The van der Waals surface area contributed by atoms with Crippen molar-refractivity contribution >= 4 is 46.7 Å². The summed E-state index contributed by atoms with van der Waals surface area (Å²) in [6.45, 7) is 0.754. The highest BCUT2D eigenvalue weighted by Crippen LogP contribution is 2.40. The van der Waals surface area contributed by atoms with E-state index in [-0.39, 0.29) is 22.7 Å². The van der Waals surface area contributed by atoms with Gasteiger partial charge in [-0.3, -0.25) is 4.79 Å². The smallest absolute Gasteiger partial charge is 0.337 e. The molecule has 1 saturated heterocycles. The lowest BCUT2D eigenvalue weighted by molar-refractivity contribution is -0.125. The third-order valence-corrected chi connectivity index (χ3v) is 5.81. The number of ether oxygens (including phenoxy) is 3. The molecule has 1 heterocycles. The molecule has 2 aromatic rings. The van der Waals surface area contributed by atoms with Crippen molar-refractivity contribution in [3.05, 3.63) is 63.1 Å². The molecular formula is C22H21Cl2NO6. The molecule has 0 bridgehead atoms. The van der Waals surface area contributed by atoms with Crippen LogP contribution in [0.15, 0.2) is 36.4 Å². The van der Waals surface area contributed by atoms with Gasteiger partial charge in [0.2, 0.25) is 5.91 Å². The number of carbonyl (C=O) groups is 3. The van der Waals surface area contributed by atoms with Crippen molar-refractivity contribution in [2.45, 2.75) is 18.3 Å². The SMILES string of the molecule is COC(=O)c1cc(NC(=O)C2(c3ccc(Cl)cc3Cl)CCOCC2)cc(C(=O)OC)c1. The molecule has 0 unspecified atom stereocenters. The second kappa shape index (κ2) is 9.68. The number of methoxy groups -OCH3 is 2. The minimum absolute atomic E-state index is 0.103. The van der Waals surface area contributed by atoms with E-state index in [0.29, 0.717) is 41.7 Å². The maximum atomic E-state index is 13.5. The van der Waals surface area contributed by atoms with E-state index >= 15 is 0 Å². The van der Waals surface area contributed by atoms with Crippen LogP contribution in [-0.4, -0.2) is 45.3 Å². The molecule has 2 aromatic carbocycles. The number of halogens is 2. The number of nitrogens with one attached hydrogen (secondary N) is 1. The van der Waals surface area contributed by atoms with Gasteiger partial charge in [0, 0.05) is 28.9 Å². The third-order valence-electron chi connectivity index (χ3n) is 5.26. The van der Waals surface area contributed by atoms with Crippen LogP contribution in [-0.2, 0) is 24.4 Å². The largest absolute Gasteiger partial charge is 0.465 e. The predicted octanol–water partition coefficient (Wildman–Crippen LogP) is 4.25. The zero-order chi connectivity index (χ0) is 22.6. The zero-order valence-corrected chi connectivity index (χ0v) is 18.5. The highest BCUT2D eigenvalue weighted by molar-refractivity contribution is 6.35. The normalized spacial score (nSPS) is 15.1. The molecule has 1 fully saturated rings. The van der Waals surface area contributed by atoms with Gasteiger partial charge in [0.05, 0.1) is 30.8 Å². The Labute approximate surface area is 189 Å². The highest BCUT2D eigenvalue weighted by Gasteiger charge is 2.43. The van der Waals surface area contributed by atoms with Crippen LogP contribution in [0, 0.1) is 0 Å². The average Bonchev–Trinajstić information content (AvgIpc) is 2.78. The molecule has 1 aliphatic rings. The highest BCUT2D eigenvalue weighted by atomic mass is 35.5. The van der Waals surface area contributed by atoms with E-state index < -0.39 is 17.4 Å². The number of hydrogen-bond donors (Lipinski definition) is 1. The maximum Gasteiger partial charge on any atom is 0.337 e. The minimum atomic E-state index is -0.966. The van der Waals surface area contributed by atoms with Gasteiger partial charge in [0.15, 0.2) is 0 Å². The Morgan fingerprint density at radius 2 is 1.52 bits per heavy atom. The van der Waals surface area contributed by atoms with Crippen LogP contribution in [0.3, 0.4) is 0 Å². The van der Waals surface area contributed by atoms with Crippen LogP contribution in [0.25, 0.3) is 0 Å². The molecule has 3 rings (SSSR count). The lowest BCUT2D eigenvalue weighted by Crippen LogP contribution is -2.45. The van der Waals surface area contributed by atoms with E-state index in [1.807, 2.05) is 0 Å². The molecular weight excluding hydrogens is 445 g/mol. The minimum Gasteiger partial charge on any atom is -0.465 e. The summed E-state index contributed by atoms with van der Waals surface area (Å²) < 4.78 is 15.0. The van der Waals surface area contributed by atoms with Gasteiger partial charge in [-0.15, -0.1) is 0 Å². The van der Waals surface area contributed by atoms with Crippen LogP contribution in [0.5, 0.6) is 0 Å². The van der Waals surface area contributed by atoms with E-state index in [2.05, 4.69) is 5.32 Å². The molecule has 0 saturated carbocycles. The van der Waals surface area contributed by atoms with Crippen LogP contribution in [0.1, 0.15) is 39.1 Å². The topological polar surface area (TPSA) is 90.9 Å². The summed E-state index contributed by atoms with van der Waals surface area (Å²) >= 11 is 12.5. The fourth-order valence-electron chi connectivity index (χ4n) is 3.64.